The van der Waals surface area contributed by atoms with Gasteiger partial charge in [0.25, 0.3) is 5.91 Å². The van der Waals surface area contributed by atoms with Crippen molar-refractivity contribution in [3.8, 4) is 5.88 Å². The topological polar surface area (TPSA) is 86.2 Å². The van der Waals surface area contributed by atoms with E-state index in [1.165, 1.54) is 0 Å². The number of anilines is 1. The van der Waals surface area contributed by atoms with E-state index in [1.807, 2.05) is 18.2 Å². The Kier molecular flexibility index (Phi) is 4.29. The Morgan fingerprint density at radius 2 is 2.08 bits per heavy atom. The number of hydrogen-bond donors (Lipinski definition) is 1. The summed E-state index contributed by atoms with van der Waals surface area (Å²) in [6, 6.07) is 10.7. The molecule has 1 aliphatic heterocycles. The van der Waals surface area contributed by atoms with E-state index in [0.717, 1.165) is 5.39 Å². The highest BCUT2D eigenvalue weighted by Crippen LogP contribution is 2.25. The normalized spacial score (nSPS) is 14.1. The Morgan fingerprint density at radius 3 is 2.88 bits per heavy atom. The first kappa shape index (κ1) is 15.9. The molecule has 0 spiro atoms. The first-order valence-corrected chi connectivity index (χ1v) is 8.42. The standard InChI is InChI=1S/C17H13BrN4O3/c18-12-4-5-13(20-17(12)25-11-8-24-9-11)16(23)22-14-6-3-10-2-1-7-19-15(10)21-14/h1-7,11H,8-9H2,(H,19,21,22,23). The molecule has 0 aliphatic carbocycles. The lowest BCUT2D eigenvalue weighted by Crippen LogP contribution is -2.39. The predicted molar refractivity (Wildman–Crippen MR) is 94.7 cm³/mol. The van der Waals surface area contributed by atoms with Gasteiger partial charge in [-0.05, 0) is 52.3 Å². The highest BCUT2D eigenvalue weighted by atomic mass is 79.9. The van der Waals surface area contributed by atoms with Gasteiger partial charge in [0.05, 0.1) is 17.7 Å². The van der Waals surface area contributed by atoms with Gasteiger partial charge in [-0.15, -0.1) is 0 Å². The first-order chi connectivity index (χ1) is 12.2. The second-order valence-electron chi connectivity index (χ2n) is 5.46. The molecule has 7 nitrogen and oxygen atoms in total. The number of fused-ring (bicyclic) bond motifs is 1. The van der Waals surface area contributed by atoms with E-state index in [4.69, 9.17) is 9.47 Å². The van der Waals surface area contributed by atoms with Crippen molar-refractivity contribution in [3.05, 3.63) is 52.8 Å². The molecule has 3 aromatic heterocycles. The van der Waals surface area contributed by atoms with Crippen LogP contribution in [-0.4, -0.2) is 40.2 Å². The van der Waals surface area contributed by atoms with E-state index in [-0.39, 0.29) is 17.7 Å². The van der Waals surface area contributed by atoms with E-state index in [1.54, 1.807) is 24.4 Å². The fraction of sp³-hybridized carbons (Fsp3) is 0.176. The molecule has 1 amide bonds. The summed E-state index contributed by atoms with van der Waals surface area (Å²) in [5.74, 6) is 0.412. The third-order valence-electron chi connectivity index (χ3n) is 3.64. The number of nitrogens with zero attached hydrogens (tertiary/aromatic N) is 3. The van der Waals surface area contributed by atoms with Crippen molar-refractivity contribution in [1.82, 2.24) is 15.0 Å². The van der Waals surface area contributed by atoms with Crippen LogP contribution in [-0.2, 0) is 4.74 Å². The molecule has 126 valence electrons. The number of carbonyl (C=O) groups is 1. The predicted octanol–water partition coefficient (Wildman–Crippen LogP) is 2.82. The number of aromatic nitrogens is 3. The van der Waals surface area contributed by atoms with Gasteiger partial charge in [0.2, 0.25) is 5.88 Å². The molecule has 8 heteroatoms. The summed E-state index contributed by atoms with van der Waals surface area (Å²) >= 11 is 3.37. The molecule has 0 saturated carbocycles. The second-order valence-corrected chi connectivity index (χ2v) is 6.32. The highest BCUT2D eigenvalue weighted by Gasteiger charge is 2.22. The quantitative estimate of drug-likeness (QED) is 0.724. The summed E-state index contributed by atoms with van der Waals surface area (Å²) in [6.45, 7) is 1.05. The van der Waals surface area contributed by atoms with E-state index >= 15 is 0 Å². The Balaban J connectivity index is 1.54. The zero-order valence-corrected chi connectivity index (χ0v) is 14.6. The fourth-order valence-corrected chi connectivity index (χ4v) is 2.59. The summed E-state index contributed by atoms with van der Waals surface area (Å²) in [4.78, 5) is 25.2. The van der Waals surface area contributed by atoms with Crippen LogP contribution in [0.4, 0.5) is 5.82 Å². The van der Waals surface area contributed by atoms with Crippen LogP contribution in [0.3, 0.4) is 0 Å². The SMILES string of the molecule is O=C(Nc1ccc2cccnc2n1)c1ccc(Br)c(OC2COC2)n1. The summed E-state index contributed by atoms with van der Waals surface area (Å²) < 4.78 is 11.5. The summed E-state index contributed by atoms with van der Waals surface area (Å²) in [6.07, 6.45) is 1.63. The number of halogens is 1. The minimum Gasteiger partial charge on any atom is -0.469 e. The van der Waals surface area contributed by atoms with Crippen LogP contribution in [0.15, 0.2) is 47.1 Å². The Labute approximate surface area is 151 Å². The molecule has 1 aliphatic rings. The van der Waals surface area contributed by atoms with E-state index < -0.39 is 0 Å². The van der Waals surface area contributed by atoms with Gasteiger partial charge >= 0.3 is 0 Å². The van der Waals surface area contributed by atoms with Crippen molar-refractivity contribution in [2.24, 2.45) is 0 Å². The molecule has 1 saturated heterocycles. The third-order valence-corrected chi connectivity index (χ3v) is 4.24. The highest BCUT2D eigenvalue weighted by molar-refractivity contribution is 9.10. The maximum Gasteiger partial charge on any atom is 0.275 e. The molecule has 3 aromatic rings. The molecule has 0 aromatic carbocycles. The largest absolute Gasteiger partial charge is 0.469 e. The number of pyridine rings is 3. The summed E-state index contributed by atoms with van der Waals surface area (Å²) in [5.41, 5.74) is 0.805. The number of nitrogens with one attached hydrogen (secondary N) is 1. The first-order valence-electron chi connectivity index (χ1n) is 7.63. The molecular formula is C17H13BrN4O3. The molecule has 0 atom stereocenters. The lowest BCUT2D eigenvalue weighted by atomic mass is 10.3. The number of carbonyl (C=O) groups excluding carboxylic acids is 1. The zero-order valence-electron chi connectivity index (χ0n) is 13.0. The van der Waals surface area contributed by atoms with Gasteiger partial charge < -0.3 is 14.8 Å². The maximum atomic E-state index is 12.5. The molecule has 0 radical (unpaired) electrons. The smallest absolute Gasteiger partial charge is 0.275 e. The van der Waals surface area contributed by atoms with Crippen LogP contribution in [0.1, 0.15) is 10.5 Å². The number of ether oxygens (including phenoxy) is 2. The van der Waals surface area contributed by atoms with Crippen molar-refractivity contribution < 1.29 is 14.3 Å². The minimum absolute atomic E-state index is 0.0321. The van der Waals surface area contributed by atoms with Crippen molar-refractivity contribution in [1.29, 1.82) is 0 Å². The van der Waals surface area contributed by atoms with Gasteiger partial charge in [-0.1, -0.05) is 0 Å². The summed E-state index contributed by atoms with van der Waals surface area (Å²) in [5, 5.41) is 3.63. The lowest BCUT2D eigenvalue weighted by Gasteiger charge is -2.26. The maximum absolute atomic E-state index is 12.5. The summed E-state index contributed by atoms with van der Waals surface area (Å²) in [7, 11) is 0. The molecule has 25 heavy (non-hydrogen) atoms. The van der Waals surface area contributed by atoms with Crippen LogP contribution in [0.25, 0.3) is 11.0 Å². The monoisotopic (exact) mass is 400 g/mol. The van der Waals surface area contributed by atoms with E-state index in [0.29, 0.717) is 35.0 Å². The van der Waals surface area contributed by atoms with Crippen LogP contribution >= 0.6 is 15.9 Å². The third kappa shape index (κ3) is 3.45. The second kappa shape index (κ2) is 6.73. The molecule has 4 rings (SSSR count). The molecule has 0 unspecified atom stereocenters. The molecule has 4 heterocycles. The van der Waals surface area contributed by atoms with E-state index in [9.17, 15) is 4.79 Å². The fourth-order valence-electron chi connectivity index (χ4n) is 2.28. The van der Waals surface area contributed by atoms with Gasteiger partial charge in [-0.25, -0.2) is 15.0 Å². The Bertz CT molecular complexity index is 946. The van der Waals surface area contributed by atoms with Gasteiger partial charge in [0, 0.05) is 11.6 Å². The van der Waals surface area contributed by atoms with Crippen molar-refractivity contribution in [3.63, 3.8) is 0 Å². The van der Waals surface area contributed by atoms with Crippen LogP contribution in [0, 0.1) is 0 Å². The van der Waals surface area contributed by atoms with Crippen LogP contribution < -0.4 is 10.1 Å². The van der Waals surface area contributed by atoms with Gasteiger partial charge in [0.1, 0.15) is 17.6 Å². The number of rotatable bonds is 4. The van der Waals surface area contributed by atoms with E-state index in [2.05, 4.69) is 36.2 Å². The van der Waals surface area contributed by atoms with Crippen molar-refractivity contribution >= 4 is 38.7 Å². The average Bonchev–Trinajstić information content (AvgIpc) is 2.59. The average molecular weight is 401 g/mol. The van der Waals surface area contributed by atoms with Crippen molar-refractivity contribution in [2.45, 2.75) is 6.10 Å². The van der Waals surface area contributed by atoms with Gasteiger partial charge in [0.15, 0.2) is 5.65 Å². The van der Waals surface area contributed by atoms with Crippen LogP contribution in [0.2, 0.25) is 0 Å². The zero-order chi connectivity index (χ0) is 17.2. The van der Waals surface area contributed by atoms with Crippen LogP contribution in [0.5, 0.6) is 5.88 Å². The molecule has 1 fully saturated rings. The minimum atomic E-state index is -0.370. The Hall–Kier alpha value is -2.58. The lowest BCUT2D eigenvalue weighted by molar-refractivity contribution is -0.0816. The molecule has 1 N–H and O–H groups in total. The molecular weight excluding hydrogens is 388 g/mol. The number of amides is 1. The Morgan fingerprint density at radius 1 is 1.20 bits per heavy atom. The van der Waals surface area contributed by atoms with Gasteiger partial charge in [-0.3, -0.25) is 4.79 Å². The van der Waals surface area contributed by atoms with Crippen molar-refractivity contribution in [2.75, 3.05) is 18.5 Å². The molecule has 0 bridgehead atoms. The van der Waals surface area contributed by atoms with Gasteiger partial charge in [-0.2, -0.15) is 0 Å². The number of hydrogen-bond acceptors (Lipinski definition) is 6.